The fraction of sp³-hybridized carbons (Fsp3) is 0.200. The zero-order valence-corrected chi connectivity index (χ0v) is 16.5. The fourth-order valence-corrected chi connectivity index (χ4v) is 4.53. The lowest BCUT2D eigenvalue weighted by Crippen LogP contribution is -2.46. The summed E-state index contributed by atoms with van der Waals surface area (Å²) in [5, 5.41) is 0. The molecule has 2 radical (unpaired) electrons. The lowest BCUT2D eigenvalue weighted by Gasteiger charge is -2.36. The highest BCUT2D eigenvalue weighted by molar-refractivity contribution is 6.12. The van der Waals surface area contributed by atoms with Crippen molar-refractivity contribution in [3.8, 4) is 11.1 Å². The Hall–Kier alpha value is -3.49. The van der Waals surface area contributed by atoms with E-state index in [4.69, 9.17) is 13.6 Å². The molecule has 1 saturated heterocycles. The number of carbonyl (C=O) groups is 1. The fourth-order valence-electron chi connectivity index (χ4n) is 4.53. The van der Waals surface area contributed by atoms with Crippen molar-refractivity contribution in [2.45, 2.75) is 18.3 Å². The number of likely N-dealkylation sites (tertiary alicyclic amines) is 1. The van der Waals surface area contributed by atoms with Crippen molar-refractivity contribution in [3.63, 3.8) is 0 Å². The van der Waals surface area contributed by atoms with Crippen LogP contribution in [0.2, 0.25) is 0 Å². The van der Waals surface area contributed by atoms with Gasteiger partial charge in [0.2, 0.25) is 11.6 Å². The number of pyridine rings is 1. The summed E-state index contributed by atoms with van der Waals surface area (Å²) >= 11 is 0. The van der Waals surface area contributed by atoms with Gasteiger partial charge in [0, 0.05) is 18.8 Å². The van der Waals surface area contributed by atoms with Crippen LogP contribution in [0, 0.1) is 13.6 Å². The first-order chi connectivity index (χ1) is 14.6. The Labute approximate surface area is 176 Å². The van der Waals surface area contributed by atoms with Gasteiger partial charge in [0.1, 0.15) is 5.82 Å². The lowest BCUT2D eigenvalue weighted by molar-refractivity contribution is -0.124. The molecule has 1 spiro atoms. The van der Waals surface area contributed by atoms with Gasteiger partial charge in [-0.2, -0.15) is 0 Å². The SMILES string of the molecule is [C-]#[N+]c1cnc2c(c1)C1(CCN([CH])CC1)C(=O)N2c1ccc(-c2ccccc2)cc1. The summed E-state index contributed by atoms with van der Waals surface area (Å²) in [5.74, 6) is 0.651. The second-order valence-corrected chi connectivity index (χ2v) is 7.85. The van der Waals surface area contributed by atoms with E-state index in [2.05, 4.69) is 22.0 Å². The minimum atomic E-state index is -0.670. The van der Waals surface area contributed by atoms with Crippen LogP contribution in [0.15, 0.2) is 66.9 Å². The Bertz CT molecular complexity index is 1140. The molecule has 2 aliphatic heterocycles. The van der Waals surface area contributed by atoms with Gasteiger partial charge in [0.15, 0.2) is 0 Å². The van der Waals surface area contributed by atoms with Crippen molar-refractivity contribution < 1.29 is 4.79 Å². The topological polar surface area (TPSA) is 40.8 Å². The Morgan fingerprint density at radius 2 is 1.67 bits per heavy atom. The number of carbonyl (C=O) groups excluding carboxylic acids is 1. The lowest BCUT2D eigenvalue weighted by atomic mass is 9.74. The zero-order valence-electron chi connectivity index (χ0n) is 16.5. The van der Waals surface area contributed by atoms with Crippen LogP contribution < -0.4 is 4.90 Å². The molecule has 1 aromatic heterocycles. The van der Waals surface area contributed by atoms with Gasteiger partial charge in [0.05, 0.1) is 17.7 Å². The van der Waals surface area contributed by atoms with E-state index in [9.17, 15) is 4.79 Å². The second-order valence-electron chi connectivity index (χ2n) is 7.85. The minimum Gasteiger partial charge on any atom is -0.297 e. The summed E-state index contributed by atoms with van der Waals surface area (Å²) in [6.45, 7) is 8.64. The summed E-state index contributed by atoms with van der Waals surface area (Å²) in [6, 6.07) is 20.0. The first kappa shape index (κ1) is 18.5. The molecule has 1 amide bonds. The van der Waals surface area contributed by atoms with Crippen LogP contribution >= 0.6 is 0 Å². The van der Waals surface area contributed by atoms with Crippen LogP contribution in [0.5, 0.6) is 0 Å². The number of anilines is 2. The van der Waals surface area contributed by atoms with E-state index in [-0.39, 0.29) is 5.91 Å². The van der Waals surface area contributed by atoms with Crippen LogP contribution in [0.4, 0.5) is 17.2 Å². The van der Waals surface area contributed by atoms with E-state index in [1.165, 1.54) is 0 Å². The van der Waals surface area contributed by atoms with Crippen molar-refractivity contribution >= 4 is 23.1 Å². The molecular weight excluding hydrogens is 372 g/mol. The standard InChI is InChI=1S/C25H20N4O/c1-26-20-16-22-23(27-17-20)29(24(30)25(22)12-14-28(2)15-13-25)21-10-8-19(9-11-21)18-6-4-3-5-7-18/h2-11,16-17H,12-15H2. The average Bonchev–Trinajstić information content (AvgIpc) is 3.03. The normalized spacial score (nSPS) is 17.7. The van der Waals surface area contributed by atoms with Gasteiger partial charge >= 0.3 is 0 Å². The smallest absolute Gasteiger partial charge is 0.243 e. The number of hydrogen-bond acceptors (Lipinski definition) is 3. The maximum Gasteiger partial charge on any atom is 0.243 e. The molecule has 0 bridgehead atoms. The molecule has 1 fully saturated rings. The number of amides is 1. The maximum absolute atomic E-state index is 13.8. The summed E-state index contributed by atoms with van der Waals surface area (Å²) in [4.78, 5) is 25.3. The van der Waals surface area contributed by atoms with Crippen molar-refractivity contribution in [2.75, 3.05) is 18.0 Å². The molecule has 2 aromatic carbocycles. The van der Waals surface area contributed by atoms with Crippen LogP contribution in [0.1, 0.15) is 18.4 Å². The van der Waals surface area contributed by atoms with Gasteiger partial charge in [-0.25, -0.2) is 9.83 Å². The third-order valence-corrected chi connectivity index (χ3v) is 6.21. The Kier molecular flexibility index (Phi) is 4.38. The highest BCUT2D eigenvalue weighted by atomic mass is 16.2. The van der Waals surface area contributed by atoms with Gasteiger partial charge in [-0.3, -0.25) is 14.6 Å². The van der Waals surface area contributed by atoms with Gasteiger partial charge in [0.25, 0.3) is 0 Å². The highest BCUT2D eigenvalue weighted by Gasteiger charge is 2.53. The first-order valence-electron chi connectivity index (χ1n) is 10.00. The predicted octanol–water partition coefficient (Wildman–Crippen LogP) is 4.98. The van der Waals surface area contributed by atoms with Crippen molar-refractivity contribution in [1.29, 1.82) is 0 Å². The quantitative estimate of drug-likeness (QED) is 0.578. The molecule has 5 rings (SSSR count). The molecule has 5 nitrogen and oxygen atoms in total. The molecule has 0 N–H and O–H groups in total. The van der Waals surface area contributed by atoms with E-state index >= 15 is 0 Å². The highest BCUT2D eigenvalue weighted by Crippen LogP contribution is 2.50. The zero-order chi connectivity index (χ0) is 20.7. The Morgan fingerprint density at radius 3 is 2.33 bits per heavy atom. The molecule has 3 heterocycles. The van der Waals surface area contributed by atoms with E-state index in [1.807, 2.05) is 48.5 Å². The first-order valence-corrected chi connectivity index (χ1v) is 10.00. The summed E-state index contributed by atoms with van der Waals surface area (Å²) in [6.07, 6.45) is 2.79. The van der Waals surface area contributed by atoms with Crippen LogP contribution in [-0.2, 0) is 10.2 Å². The number of nitrogens with zero attached hydrogens (tertiary/aromatic N) is 4. The Morgan fingerprint density at radius 1 is 1.00 bits per heavy atom. The van der Waals surface area contributed by atoms with Gasteiger partial charge in [-0.15, -0.1) is 0 Å². The van der Waals surface area contributed by atoms with E-state index in [1.54, 1.807) is 16.0 Å². The van der Waals surface area contributed by atoms with E-state index in [0.29, 0.717) is 37.4 Å². The Balaban J connectivity index is 1.58. The molecule has 146 valence electrons. The molecule has 3 aromatic rings. The molecule has 2 aliphatic rings. The number of rotatable bonds is 2. The molecular formula is C25H20N4O. The van der Waals surface area contributed by atoms with Gasteiger partial charge < -0.3 is 0 Å². The van der Waals surface area contributed by atoms with Gasteiger partial charge in [-0.05, 0) is 55.3 Å². The van der Waals surface area contributed by atoms with Gasteiger partial charge in [-0.1, -0.05) is 42.5 Å². The molecule has 0 saturated carbocycles. The predicted molar refractivity (Wildman–Crippen MR) is 116 cm³/mol. The third-order valence-electron chi connectivity index (χ3n) is 6.21. The van der Waals surface area contributed by atoms with Crippen LogP contribution in [0.25, 0.3) is 16.0 Å². The van der Waals surface area contributed by atoms with Crippen molar-refractivity contribution in [2.24, 2.45) is 0 Å². The number of aromatic nitrogens is 1. The third kappa shape index (κ3) is 2.80. The maximum atomic E-state index is 13.8. The number of piperidine rings is 1. The minimum absolute atomic E-state index is 0.0210. The van der Waals surface area contributed by atoms with Crippen molar-refractivity contribution in [3.05, 3.63) is 90.9 Å². The number of fused-ring (bicyclic) bond motifs is 2. The molecule has 0 unspecified atom stereocenters. The molecule has 0 aliphatic carbocycles. The summed E-state index contributed by atoms with van der Waals surface area (Å²) in [7, 11) is 5.97. The number of benzene rings is 2. The molecule has 0 atom stereocenters. The summed E-state index contributed by atoms with van der Waals surface area (Å²) in [5.41, 5.74) is 3.64. The van der Waals surface area contributed by atoms with Crippen molar-refractivity contribution in [1.82, 2.24) is 9.88 Å². The largest absolute Gasteiger partial charge is 0.297 e. The molecule has 30 heavy (non-hydrogen) atoms. The molecule has 5 heteroatoms. The summed E-state index contributed by atoms with van der Waals surface area (Å²) < 4.78 is 0. The van der Waals surface area contributed by atoms with E-state index in [0.717, 1.165) is 22.4 Å². The van der Waals surface area contributed by atoms with Crippen LogP contribution in [0.3, 0.4) is 0 Å². The van der Waals surface area contributed by atoms with Crippen LogP contribution in [-0.4, -0.2) is 28.9 Å². The number of hydrogen-bond donors (Lipinski definition) is 0. The second kappa shape index (κ2) is 7.08. The van der Waals surface area contributed by atoms with E-state index < -0.39 is 5.41 Å². The monoisotopic (exact) mass is 392 g/mol. The average molecular weight is 392 g/mol.